The minimum atomic E-state index is -0.137. The van der Waals surface area contributed by atoms with Crippen LogP contribution in [0, 0.1) is 5.92 Å². The highest BCUT2D eigenvalue weighted by molar-refractivity contribution is 5.78. The van der Waals surface area contributed by atoms with Crippen LogP contribution in [-0.4, -0.2) is 34.7 Å². The Labute approximate surface area is 131 Å². The normalized spacial score (nSPS) is 13.5. The number of aromatic nitrogens is 2. The van der Waals surface area contributed by atoms with E-state index in [9.17, 15) is 4.79 Å². The van der Waals surface area contributed by atoms with Crippen molar-refractivity contribution in [2.45, 2.75) is 26.4 Å². The summed E-state index contributed by atoms with van der Waals surface area (Å²) >= 11 is 0. The molecule has 2 aromatic rings. The van der Waals surface area contributed by atoms with Crippen LogP contribution < -0.4 is 4.74 Å². The second-order valence-corrected chi connectivity index (χ2v) is 5.50. The summed E-state index contributed by atoms with van der Waals surface area (Å²) in [6, 6.07) is 9.60. The molecular formula is C17H23N3O2. The number of nitrogens with zero attached hydrogens (tertiary/aromatic N) is 3. The first-order valence-electron chi connectivity index (χ1n) is 7.41. The molecule has 0 unspecified atom stereocenters. The van der Waals surface area contributed by atoms with Gasteiger partial charge in [-0.15, -0.1) is 0 Å². The number of methoxy groups -OCH3 is 1. The highest BCUT2D eigenvalue weighted by Gasteiger charge is 2.24. The molecular weight excluding hydrogens is 278 g/mol. The molecule has 5 heteroatoms. The van der Waals surface area contributed by atoms with Crippen LogP contribution in [0.2, 0.25) is 0 Å². The maximum absolute atomic E-state index is 12.6. The highest BCUT2D eigenvalue weighted by Crippen LogP contribution is 2.28. The van der Waals surface area contributed by atoms with Crippen molar-refractivity contribution in [1.82, 2.24) is 14.7 Å². The number of carbonyl (C=O) groups is 1. The van der Waals surface area contributed by atoms with Crippen molar-refractivity contribution in [2.24, 2.45) is 5.92 Å². The van der Waals surface area contributed by atoms with Gasteiger partial charge in [-0.1, -0.05) is 25.1 Å². The van der Waals surface area contributed by atoms with Crippen LogP contribution in [0.5, 0.6) is 5.75 Å². The largest absolute Gasteiger partial charge is 0.496 e. The minimum Gasteiger partial charge on any atom is -0.496 e. The van der Waals surface area contributed by atoms with Crippen LogP contribution >= 0.6 is 0 Å². The van der Waals surface area contributed by atoms with E-state index >= 15 is 0 Å². The SMILES string of the molecule is COc1ccccc1[C@@H](C)N(C)C(=O)[C@H](C)Cn1cccn1. The smallest absolute Gasteiger partial charge is 0.227 e. The van der Waals surface area contributed by atoms with Crippen LogP contribution in [0.3, 0.4) is 0 Å². The molecule has 1 heterocycles. The van der Waals surface area contributed by atoms with E-state index in [2.05, 4.69) is 5.10 Å². The third-order valence-corrected chi connectivity index (χ3v) is 3.96. The van der Waals surface area contributed by atoms with E-state index in [1.54, 1.807) is 22.9 Å². The summed E-state index contributed by atoms with van der Waals surface area (Å²) < 4.78 is 7.17. The molecule has 0 spiro atoms. The Morgan fingerprint density at radius 2 is 2.05 bits per heavy atom. The second kappa shape index (κ2) is 7.11. The van der Waals surface area contributed by atoms with Crippen molar-refractivity contribution >= 4 is 5.91 Å². The molecule has 0 aliphatic rings. The van der Waals surface area contributed by atoms with Crippen molar-refractivity contribution in [3.8, 4) is 5.75 Å². The van der Waals surface area contributed by atoms with Gasteiger partial charge in [-0.05, 0) is 19.1 Å². The summed E-state index contributed by atoms with van der Waals surface area (Å²) in [5.41, 5.74) is 1.01. The summed E-state index contributed by atoms with van der Waals surface area (Å²) in [7, 11) is 3.48. The summed E-state index contributed by atoms with van der Waals surface area (Å²) in [6.07, 6.45) is 3.59. The molecule has 1 aromatic carbocycles. The molecule has 118 valence electrons. The number of benzene rings is 1. The number of rotatable bonds is 6. The molecule has 2 atom stereocenters. The monoisotopic (exact) mass is 301 g/mol. The van der Waals surface area contributed by atoms with Crippen molar-refractivity contribution in [3.05, 3.63) is 48.3 Å². The van der Waals surface area contributed by atoms with Crippen LogP contribution in [-0.2, 0) is 11.3 Å². The van der Waals surface area contributed by atoms with Gasteiger partial charge in [0.1, 0.15) is 5.75 Å². The van der Waals surface area contributed by atoms with Gasteiger partial charge < -0.3 is 9.64 Å². The lowest BCUT2D eigenvalue weighted by Gasteiger charge is -2.29. The molecule has 0 radical (unpaired) electrons. The summed E-state index contributed by atoms with van der Waals surface area (Å²) in [4.78, 5) is 14.4. The van der Waals surface area contributed by atoms with Gasteiger partial charge >= 0.3 is 0 Å². The zero-order chi connectivity index (χ0) is 16.1. The fourth-order valence-electron chi connectivity index (χ4n) is 2.53. The molecule has 0 saturated carbocycles. The Balaban J connectivity index is 2.09. The molecule has 22 heavy (non-hydrogen) atoms. The summed E-state index contributed by atoms with van der Waals surface area (Å²) in [5, 5.41) is 4.15. The number of hydrogen-bond acceptors (Lipinski definition) is 3. The Morgan fingerprint density at radius 1 is 1.32 bits per heavy atom. The van der Waals surface area contributed by atoms with E-state index in [-0.39, 0.29) is 17.9 Å². The first kappa shape index (κ1) is 16.1. The molecule has 5 nitrogen and oxygen atoms in total. The van der Waals surface area contributed by atoms with Crippen LogP contribution in [0.15, 0.2) is 42.7 Å². The van der Waals surface area contributed by atoms with E-state index < -0.39 is 0 Å². The van der Waals surface area contributed by atoms with Crippen LogP contribution in [0.4, 0.5) is 0 Å². The van der Waals surface area contributed by atoms with E-state index in [1.165, 1.54) is 0 Å². The van der Waals surface area contributed by atoms with Gasteiger partial charge in [-0.3, -0.25) is 9.48 Å². The van der Waals surface area contributed by atoms with Crippen LogP contribution in [0.25, 0.3) is 0 Å². The third kappa shape index (κ3) is 3.47. The number of hydrogen-bond donors (Lipinski definition) is 0. The molecule has 0 aliphatic carbocycles. The quantitative estimate of drug-likeness (QED) is 0.824. The molecule has 1 amide bonds. The molecule has 0 N–H and O–H groups in total. The number of para-hydroxylation sites is 1. The van der Waals surface area contributed by atoms with Crippen molar-refractivity contribution < 1.29 is 9.53 Å². The fourth-order valence-corrected chi connectivity index (χ4v) is 2.53. The van der Waals surface area contributed by atoms with Crippen molar-refractivity contribution in [1.29, 1.82) is 0 Å². The predicted octanol–water partition coefficient (Wildman–Crippen LogP) is 2.75. The summed E-state index contributed by atoms with van der Waals surface area (Å²) in [5.74, 6) is 0.755. The number of carbonyl (C=O) groups excluding carboxylic acids is 1. The molecule has 2 rings (SSSR count). The predicted molar refractivity (Wildman–Crippen MR) is 85.6 cm³/mol. The van der Waals surface area contributed by atoms with Gasteiger partial charge in [-0.2, -0.15) is 5.10 Å². The highest BCUT2D eigenvalue weighted by atomic mass is 16.5. The molecule has 0 fully saturated rings. The lowest BCUT2D eigenvalue weighted by Crippen LogP contribution is -2.35. The first-order chi connectivity index (χ1) is 10.5. The average Bonchev–Trinajstić information content (AvgIpc) is 3.05. The zero-order valence-corrected chi connectivity index (χ0v) is 13.6. The van der Waals surface area contributed by atoms with Gasteiger partial charge in [0.15, 0.2) is 0 Å². The fraction of sp³-hybridized carbons (Fsp3) is 0.412. The maximum Gasteiger partial charge on any atom is 0.227 e. The maximum atomic E-state index is 12.6. The van der Waals surface area contributed by atoms with Crippen molar-refractivity contribution in [2.75, 3.05) is 14.2 Å². The molecule has 1 aromatic heterocycles. The van der Waals surface area contributed by atoms with Gasteiger partial charge in [0.05, 0.1) is 25.6 Å². The molecule has 0 aliphatic heterocycles. The van der Waals surface area contributed by atoms with Gasteiger partial charge in [0, 0.05) is 25.0 Å². The van der Waals surface area contributed by atoms with E-state index in [1.807, 2.05) is 57.4 Å². The number of amides is 1. The van der Waals surface area contributed by atoms with Gasteiger partial charge in [0.25, 0.3) is 0 Å². The Morgan fingerprint density at radius 3 is 2.68 bits per heavy atom. The topological polar surface area (TPSA) is 47.4 Å². The Kier molecular flexibility index (Phi) is 5.20. The third-order valence-electron chi connectivity index (χ3n) is 3.96. The second-order valence-electron chi connectivity index (χ2n) is 5.50. The lowest BCUT2D eigenvalue weighted by atomic mass is 10.0. The molecule has 0 saturated heterocycles. The average molecular weight is 301 g/mol. The van der Waals surface area contributed by atoms with E-state index in [4.69, 9.17) is 4.74 Å². The van der Waals surface area contributed by atoms with Crippen molar-refractivity contribution in [3.63, 3.8) is 0 Å². The number of ether oxygens (including phenoxy) is 1. The zero-order valence-electron chi connectivity index (χ0n) is 13.6. The molecule has 0 bridgehead atoms. The summed E-state index contributed by atoms with van der Waals surface area (Å²) in [6.45, 7) is 4.51. The van der Waals surface area contributed by atoms with Gasteiger partial charge in [0.2, 0.25) is 5.91 Å². The van der Waals surface area contributed by atoms with E-state index in [0.29, 0.717) is 6.54 Å². The minimum absolute atomic E-state index is 0.0521. The first-order valence-corrected chi connectivity index (χ1v) is 7.41. The van der Waals surface area contributed by atoms with Gasteiger partial charge in [-0.25, -0.2) is 0 Å². The lowest BCUT2D eigenvalue weighted by molar-refractivity contribution is -0.136. The van der Waals surface area contributed by atoms with Crippen LogP contribution in [0.1, 0.15) is 25.5 Å². The standard InChI is InChI=1S/C17H23N3O2/c1-13(12-20-11-7-10-18-20)17(21)19(3)14(2)15-8-5-6-9-16(15)22-4/h5-11,13-14H,12H2,1-4H3/t13-,14-/m1/s1. The van der Waals surface area contributed by atoms with E-state index in [0.717, 1.165) is 11.3 Å². The Hall–Kier alpha value is -2.30. The Bertz CT molecular complexity index is 610.